The molecule has 2 amide bonds. The summed E-state index contributed by atoms with van der Waals surface area (Å²) < 4.78 is 1.02. The van der Waals surface area contributed by atoms with Crippen LogP contribution in [0.5, 0.6) is 0 Å². The minimum Gasteiger partial charge on any atom is -0.274 e. The smallest absolute Gasteiger partial charge is 0.238 e. The molecule has 25 heavy (non-hydrogen) atoms. The molecular formula is C21H22BrNO2. The van der Waals surface area contributed by atoms with E-state index < -0.39 is 0 Å². The maximum atomic E-state index is 13.4. The molecule has 5 aliphatic rings. The lowest BCUT2D eigenvalue weighted by molar-refractivity contribution is -0.124. The van der Waals surface area contributed by atoms with Gasteiger partial charge in [0.15, 0.2) is 0 Å². The highest BCUT2D eigenvalue weighted by Gasteiger charge is 2.67. The summed E-state index contributed by atoms with van der Waals surface area (Å²) in [5.41, 5.74) is 3.03. The number of hydrogen-bond donors (Lipinski definition) is 0. The van der Waals surface area contributed by atoms with Crippen molar-refractivity contribution >= 4 is 33.4 Å². The summed E-state index contributed by atoms with van der Waals surface area (Å²) in [4.78, 5) is 28.3. The van der Waals surface area contributed by atoms with Gasteiger partial charge in [-0.15, -0.1) is 0 Å². The number of hydrogen-bond acceptors (Lipinski definition) is 2. The molecule has 0 radical (unpaired) electrons. The Morgan fingerprint density at radius 2 is 1.44 bits per heavy atom. The molecule has 3 nitrogen and oxygen atoms in total. The van der Waals surface area contributed by atoms with Crippen molar-refractivity contribution in [2.45, 2.75) is 33.1 Å². The zero-order chi connectivity index (χ0) is 17.5. The fourth-order valence-electron chi connectivity index (χ4n) is 5.72. The van der Waals surface area contributed by atoms with Gasteiger partial charge in [0, 0.05) is 4.47 Å². The highest BCUT2D eigenvalue weighted by molar-refractivity contribution is 9.10. The molecule has 6 rings (SSSR count). The van der Waals surface area contributed by atoms with Gasteiger partial charge in [0.1, 0.15) is 0 Å². The summed E-state index contributed by atoms with van der Waals surface area (Å²) >= 11 is 3.57. The molecule has 3 fully saturated rings. The SMILES string of the molecule is CCc1cc(Br)cc(CC)c1N1C(=O)[C@@H]2[C@H]3C=C[C@@H]([C@@H]4C[C@@H]34)[C@@H]2C1=O. The third-order valence-corrected chi connectivity index (χ3v) is 7.34. The number of anilines is 1. The fourth-order valence-corrected chi connectivity index (χ4v) is 6.27. The Kier molecular flexibility index (Phi) is 3.35. The number of aryl methyl sites for hydroxylation is 2. The largest absolute Gasteiger partial charge is 0.274 e. The molecule has 2 saturated carbocycles. The Bertz CT molecular complexity index is 768. The average Bonchev–Trinajstić information content (AvgIpc) is 3.39. The topological polar surface area (TPSA) is 37.4 Å². The number of amides is 2. The van der Waals surface area contributed by atoms with E-state index in [9.17, 15) is 9.59 Å². The molecule has 0 spiro atoms. The third kappa shape index (κ3) is 1.98. The lowest BCUT2D eigenvalue weighted by Gasteiger charge is -2.37. The van der Waals surface area contributed by atoms with Gasteiger partial charge in [-0.3, -0.25) is 9.59 Å². The highest BCUT2D eigenvalue weighted by atomic mass is 79.9. The molecule has 2 bridgehead atoms. The first kappa shape index (κ1) is 15.8. The zero-order valence-corrected chi connectivity index (χ0v) is 16.1. The van der Waals surface area contributed by atoms with Gasteiger partial charge in [0.05, 0.1) is 17.5 Å². The summed E-state index contributed by atoms with van der Waals surface area (Å²) in [6.07, 6.45) is 7.29. The monoisotopic (exact) mass is 399 g/mol. The van der Waals surface area contributed by atoms with Crippen LogP contribution in [-0.2, 0) is 22.4 Å². The van der Waals surface area contributed by atoms with E-state index in [-0.39, 0.29) is 35.5 Å². The van der Waals surface area contributed by atoms with Gasteiger partial charge in [-0.1, -0.05) is 41.9 Å². The number of nitrogens with zero attached hydrogens (tertiary/aromatic N) is 1. The number of carbonyl (C=O) groups excluding carboxylic acids is 2. The van der Waals surface area contributed by atoms with Gasteiger partial charge >= 0.3 is 0 Å². The second-order valence-electron chi connectivity index (χ2n) is 7.95. The summed E-state index contributed by atoms with van der Waals surface area (Å²) in [7, 11) is 0. The van der Waals surface area contributed by atoms with Gasteiger partial charge in [-0.2, -0.15) is 0 Å². The van der Waals surface area contributed by atoms with Crippen molar-refractivity contribution in [1.82, 2.24) is 0 Å². The van der Waals surface area contributed by atoms with Crippen molar-refractivity contribution in [1.29, 1.82) is 0 Å². The predicted molar refractivity (Wildman–Crippen MR) is 100 cm³/mol. The van der Waals surface area contributed by atoms with Gasteiger partial charge in [0.2, 0.25) is 11.8 Å². The molecule has 1 heterocycles. The molecule has 1 aromatic carbocycles. The second kappa shape index (κ2) is 5.29. The molecule has 1 saturated heterocycles. The molecular weight excluding hydrogens is 378 g/mol. The Morgan fingerprint density at radius 3 is 1.88 bits per heavy atom. The Balaban J connectivity index is 1.63. The molecule has 0 N–H and O–H groups in total. The maximum absolute atomic E-state index is 13.4. The van der Waals surface area contributed by atoms with Crippen molar-refractivity contribution in [2.24, 2.45) is 35.5 Å². The fraction of sp³-hybridized carbons (Fsp3) is 0.524. The molecule has 4 aliphatic carbocycles. The molecule has 6 atom stereocenters. The van der Waals surface area contributed by atoms with E-state index in [2.05, 4.69) is 54.1 Å². The van der Waals surface area contributed by atoms with Gasteiger partial charge < -0.3 is 0 Å². The first-order valence-electron chi connectivity index (χ1n) is 9.44. The third-order valence-electron chi connectivity index (χ3n) is 6.88. The number of halogens is 1. The van der Waals surface area contributed by atoms with Crippen LogP contribution in [0.2, 0.25) is 0 Å². The molecule has 0 unspecified atom stereocenters. The van der Waals surface area contributed by atoms with Crippen LogP contribution in [0.4, 0.5) is 5.69 Å². The highest BCUT2D eigenvalue weighted by Crippen LogP contribution is 2.65. The second-order valence-corrected chi connectivity index (χ2v) is 8.86. The van der Waals surface area contributed by atoms with Crippen molar-refractivity contribution in [3.8, 4) is 0 Å². The Hall–Kier alpha value is -1.42. The number of benzene rings is 1. The normalized spacial score (nSPS) is 37.5. The van der Waals surface area contributed by atoms with Gasteiger partial charge in [-0.25, -0.2) is 4.90 Å². The summed E-state index contributed by atoms with van der Waals surface area (Å²) in [6.45, 7) is 4.17. The predicted octanol–water partition coefficient (Wildman–Crippen LogP) is 4.13. The lowest BCUT2D eigenvalue weighted by atomic mass is 9.63. The van der Waals surface area contributed by atoms with Crippen molar-refractivity contribution in [3.63, 3.8) is 0 Å². The first-order chi connectivity index (χ1) is 12.1. The van der Waals surface area contributed by atoms with Gasteiger partial charge in [-0.05, 0) is 66.2 Å². The summed E-state index contributed by atoms with van der Waals surface area (Å²) in [6, 6.07) is 4.11. The number of allylic oxidation sites excluding steroid dienone is 2. The van der Waals surface area contributed by atoms with E-state index in [1.807, 2.05) is 0 Å². The molecule has 130 valence electrons. The number of imide groups is 1. The minimum atomic E-state index is -0.121. The molecule has 1 aromatic rings. The Morgan fingerprint density at radius 1 is 0.960 bits per heavy atom. The zero-order valence-electron chi connectivity index (χ0n) is 14.5. The maximum Gasteiger partial charge on any atom is 0.238 e. The van der Waals surface area contributed by atoms with E-state index in [4.69, 9.17) is 0 Å². The van der Waals surface area contributed by atoms with Crippen LogP contribution in [0.1, 0.15) is 31.4 Å². The van der Waals surface area contributed by atoms with E-state index >= 15 is 0 Å². The quantitative estimate of drug-likeness (QED) is 0.565. The summed E-state index contributed by atoms with van der Waals surface area (Å²) in [5, 5.41) is 0. The van der Waals surface area contributed by atoms with Crippen LogP contribution in [0, 0.1) is 35.5 Å². The van der Waals surface area contributed by atoms with Crippen LogP contribution in [0.25, 0.3) is 0 Å². The molecule has 0 aromatic heterocycles. The van der Waals surface area contributed by atoms with E-state index in [0.717, 1.165) is 34.1 Å². The van der Waals surface area contributed by atoms with Crippen LogP contribution >= 0.6 is 15.9 Å². The van der Waals surface area contributed by atoms with Gasteiger partial charge in [0.25, 0.3) is 0 Å². The van der Waals surface area contributed by atoms with E-state index in [1.165, 1.54) is 6.42 Å². The van der Waals surface area contributed by atoms with Crippen molar-refractivity contribution in [2.75, 3.05) is 4.90 Å². The van der Waals surface area contributed by atoms with Crippen LogP contribution in [-0.4, -0.2) is 11.8 Å². The van der Waals surface area contributed by atoms with E-state index in [1.54, 1.807) is 4.90 Å². The lowest BCUT2D eigenvalue weighted by Crippen LogP contribution is -2.40. The molecule has 1 aliphatic heterocycles. The van der Waals surface area contributed by atoms with Crippen LogP contribution in [0.15, 0.2) is 28.8 Å². The van der Waals surface area contributed by atoms with Crippen molar-refractivity contribution < 1.29 is 9.59 Å². The average molecular weight is 400 g/mol. The number of carbonyl (C=O) groups is 2. The first-order valence-corrected chi connectivity index (χ1v) is 10.2. The van der Waals surface area contributed by atoms with E-state index in [0.29, 0.717) is 11.8 Å². The van der Waals surface area contributed by atoms with Crippen LogP contribution in [0.3, 0.4) is 0 Å². The Labute approximate surface area is 156 Å². The van der Waals surface area contributed by atoms with Crippen molar-refractivity contribution in [3.05, 3.63) is 39.9 Å². The standard InChI is InChI=1S/C21H22BrNO2/c1-3-10-7-12(22)8-11(4-2)19(10)23-20(24)17-13-5-6-14(16-9-15(13)16)18(17)21(23)25/h5-8,13-18H,3-4,9H2,1-2H3/t13-,14-,15-,16-,17-,18+/m0/s1. The number of rotatable bonds is 3. The summed E-state index contributed by atoms with van der Waals surface area (Å²) in [5.74, 6) is 1.72. The minimum absolute atomic E-state index is 0.0476. The molecule has 4 heteroatoms. The van der Waals surface area contributed by atoms with Crippen LogP contribution < -0.4 is 4.90 Å².